The first kappa shape index (κ1) is 25.7. The number of aromatic nitrogens is 1. The number of para-hydroxylation sites is 1. The van der Waals surface area contributed by atoms with Gasteiger partial charge in [0.05, 0.1) is 36.1 Å². The van der Waals surface area contributed by atoms with Crippen LogP contribution in [0.2, 0.25) is 0 Å². The highest BCUT2D eigenvalue weighted by Crippen LogP contribution is 2.32. The van der Waals surface area contributed by atoms with Gasteiger partial charge in [0.2, 0.25) is 0 Å². The fraction of sp³-hybridized carbons (Fsp3) is 0.138. The molecule has 1 aliphatic rings. The van der Waals surface area contributed by atoms with E-state index in [9.17, 15) is 9.59 Å². The topological polar surface area (TPSA) is 81.9 Å². The summed E-state index contributed by atoms with van der Waals surface area (Å²) in [5.41, 5.74) is 2.89. The first-order valence-electron chi connectivity index (χ1n) is 11.8. The normalized spacial score (nSPS) is 15.1. The number of amides is 1. The number of nitrogens with one attached hydrogen (secondary N) is 1. The average molecular weight is 590 g/mol. The van der Waals surface area contributed by atoms with Gasteiger partial charge in [-0.25, -0.2) is 4.99 Å². The van der Waals surface area contributed by atoms with Crippen LogP contribution in [0.3, 0.4) is 0 Å². The third-order valence-corrected chi connectivity index (χ3v) is 7.68. The first-order chi connectivity index (χ1) is 18.4. The van der Waals surface area contributed by atoms with Gasteiger partial charge in [0.25, 0.3) is 11.5 Å². The van der Waals surface area contributed by atoms with E-state index in [0.717, 1.165) is 15.6 Å². The van der Waals surface area contributed by atoms with E-state index in [1.54, 1.807) is 31.8 Å². The van der Waals surface area contributed by atoms with Crippen molar-refractivity contribution in [3.05, 3.63) is 119 Å². The molecule has 4 aromatic rings. The second-order valence-electron chi connectivity index (χ2n) is 8.56. The van der Waals surface area contributed by atoms with Gasteiger partial charge in [0, 0.05) is 15.7 Å². The van der Waals surface area contributed by atoms with Crippen LogP contribution in [0.15, 0.2) is 98.3 Å². The quantitative estimate of drug-likeness (QED) is 0.355. The largest absolute Gasteiger partial charge is 0.497 e. The van der Waals surface area contributed by atoms with Crippen molar-refractivity contribution in [2.24, 2.45) is 4.99 Å². The number of hydrogen-bond acceptors (Lipinski definition) is 6. The number of fused-ring (bicyclic) bond motifs is 1. The molecule has 1 atom stereocenters. The van der Waals surface area contributed by atoms with Crippen molar-refractivity contribution in [3.63, 3.8) is 0 Å². The summed E-state index contributed by atoms with van der Waals surface area (Å²) in [5, 5.41) is 2.96. The van der Waals surface area contributed by atoms with Gasteiger partial charge in [0.1, 0.15) is 11.5 Å². The Morgan fingerprint density at radius 3 is 2.47 bits per heavy atom. The Kier molecular flexibility index (Phi) is 7.31. The van der Waals surface area contributed by atoms with Crippen LogP contribution in [0.1, 0.15) is 24.1 Å². The first-order valence-corrected chi connectivity index (χ1v) is 13.4. The maximum Gasteiger partial charge on any atom is 0.271 e. The molecule has 5 rings (SSSR count). The molecule has 3 aromatic carbocycles. The number of rotatable bonds is 6. The van der Waals surface area contributed by atoms with Crippen LogP contribution < -0.4 is 29.7 Å². The second kappa shape index (κ2) is 10.8. The van der Waals surface area contributed by atoms with Gasteiger partial charge in [-0.1, -0.05) is 57.6 Å². The van der Waals surface area contributed by atoms with Crippen LogP contribution in [-0.4, -0.2) is 24.7 Å². The monoisotopic (exact) mass is 589 g/mol. The van der Waals surface area contributed by atoms with Crippen molar-refractivity contribution in [2.75, 3.05) is 19.5 Å². The standard InChI is InChI=1S/C29H24BrN3O4S/c1-17-25(27(34)32-21-7-5-4-6-8-21)26(18-9-12-22(36-2)13-10-18)33-28(35)24(38-29(33)31-17)16-19-15-20(30)11-14-23(19)37-3/h4-16,26H,1-3H3,(H,32,34)/b24-16+/t26-/m1/s1. The summed E-state index contributed by atoms with van der Waals surface area (Å²) >= 11 is 4.77. The predicted molar refractivity (Wildman–Crippen MR) is 153 cm³/mol. The van der Waals surface area contributed by atoms with Crippen molar-refractivity contribution >= 4 is 44.9 Å². The van der Waals surface area contributed by atoms with Crippen molar-refractivity contribution in [1.29, 1.82) is 0 Å². The summed E-state index contributed by atoms with van der Waals surface area (Å²) in [6.07, 6.45) is 1.79. The van der Waals surface area contributed by atoms with Crippen molar-refractivity contribution in [3.8, 4) is 11.5 Å². The number of methoxy groups -OCH3 is 2. The van der Waals surface area contributed by atoms with E-state index in [1.165, 1.54) is 11.3 Å². The fourth-order valence-corrected chi connectivity index (χ4v) is 5.81. The highest BCUT2D eigenvalue weighted by atomic mass is 79.9. The third kappa shape index (κ3) is 4.94. The summed E-state index contributed by atoms with van der Waals surface area (Å²) in [6, 6.07) is 21.5. The van der Waals surface area contributed by atoms with Gasteiger partial charge in [-0.2, -0.15) is 0 Å². The number of nitrogens with zero attached hydrogens (tertiary/aromatic N) is 2. The zero-order valence-corrected chi connectivity index (χ0v) is 23.3. The number of carbonyl (C=O) groups is 1. The van der Waals surface area contributed by atoms with Gasteiger partial charge in [0.15, 0.2) is 4.80 Å². The molecule has 9 heteroatoms. The van der Waals surface area contributed by atoms with Crippen molar-refractivity contribution < 1.29 is 14.3 Å². The van der Waals surface area contributed by atoms with Crippen LogP contribution in [0.5, 0.6) is 11.5 Å². The minimum absolute atomic E-state index is 0.242. The van der Waals surface area contributed by atoms with Gasteiger partial charge in [-0.05, 0) is 61.0 Å². The molecular formula is C29H24BrN3O4S. The summed E-state index contributed by atoms with van der Waals surface area (Å²) in [7, 11) is 3.18. The molecule has 1 amide bonds. The van der Waals surface area contributed by atoms with E-state index < -0.39 is 6.04 Å². The van der Waals surface area contributed by atoms with Gasteiger partial charge >= 0.3 is 0 Å². The predicted octanol–water partition coefficient (Wildman–Crippen LogP) is 4.65. The van der Waals surface area contributed by atoms with Crippen LogP contribution in [0, 0.1) is 0 Å². The zero-order valence-electron chi connectivity index (χ0n) is 20.9. The van der Waals surface area contributed by atoms with Gasteiger partial charge < -0.3 is 14.8 Å². The molecule has 0 saturated heterocycles. The Bertz CT molecular complexity index is 1720. The number of hydrogen-bond donors (Lipinski definition) is 1. The molecule has 0 unspecified atom stereocenters. The van der Waals surface area contributed by atoms with E-state index in [0.29, 0.717) is 37.8 Å². The van der Waals surface area contributed by atoms with Crippen molar-refractivity contribution in [1.82, 2.24) is 4.57 Å². The Morgan fingerprint density at radius 2 is 1.79 bits per heavy atom. The minimum atomic E-state index is -0.674. The molecule has 0 aliphatic carbocycles. The molecule has 38 heavy (non-hydrogen) atoms. The molecule has 0 spiro atoms. The third-order valence-electron chi connectivity index (χ3n) is 6.21. The number of benzene rings is 3. The molecule has 1 aliphatic heterocycles. The molecule has 1 aromatic heterocycles. The average Bonchev–Trinajstić information content (AvgIpc) is 3.22. The molecule has 0 saturated carbocycles. The SMILES string of the molecule is COc1ccc([C@@H]2C(C(=O)Nc3ccccc3)=C(C)N=c3s/c(=C/c4cc(Br)ccc4OC)c(=O)n32)cc1. The highest BCUT2D eigenvalue weighted by molar-refractivity contribution is 9.10. The van der Waals surface area contributed by atoms with Crippen LogP contribution in [0.25, 0.3) is 6.08 Å². The Balaban J connectivity index is 1.69. The maximum atomic E-state index is 13.9. The van der Waals surface area contributed by atoms with Crippen LogP contribution in [-0.2, 0) is 4.79 Å². The zero-order chi connectivity index (χ0) is 26.8. The summed E-state index contributed by atoms with van der Waals surface area (Å²) in [4.78, 5) is 32.7. The van der Waals surface area contributed by atoms with Gasteiger partial charge in [-0.3, -0.25) is 14.2 Å². The van der Waals surface area contributed by atoms with E-state index in [-0.39, 0.29) is 11.5 Å². The lowest BCUT2D eigenvalue weighted by Gasteiger charge is -2.25. The fourth-order valence-electron chi connectivity index (χ4n) is 4.39. The number of anilines is 1. The number of halogens is 1. The Labute approximate surface area is 231 Å². The molecular weight excluding hydrogens is 566 g/mol. The Morgan fingerprint density at radius 1 is 1.05 bits per heavy atom. The molecule has 7 nitrogen and oxygen atoms in total. The molecule has 0 fully saturated rings. The van der Waals surface area contributed by atoms with Gasteiger partial charge in [-0.15, -0.1) is 0 Å². The van der Waals surface area contributed by atoms with E-state index in [1.807, 2.05) is 72.8 Å². The lowest BCUT2D eigenvalue weighted by Crippen LogP contribution is -2.40. The van der Waals surface area contributed by atoms with E-state index in [4.69, 9.17) is 14.5 Å². The molecule has 0 radical (unpaired) electrons. The molecule has 192 valence electrons. The summed E-state index contributed by atoms with van der Waals surface area (Å²) in [6.45, 7) is 1.80. The smallest absolute Gasteiger partial charge is 0.271 e. The summed E-state index contributed by atoms with van der Waals surface area (Å²) < 4.78 is 13.8. The number of allylic oxidation sites excluding steroid dienone is 1. The van der Waals surface area contributed by atoms with Crippen LogP contribution >= 0.6 is 27.3 Å². The molecule has 0 bridgehead atoms. The highest BCUT2D eigenvalue weighted by Gasteiger charge is 2.32. The number of carbonyl (C=O) groups excluding carboxylic acids is 1. The molecule has 2 heterocycles. The van der Waals surface area contributed by atoms with E-state index >= 15 is 0 Å². The number of ether oxygens (including phenoxy) is 2. The van der Waals surface area contributed by atoms with Crippen molar-refractivity contribution in [2.45, 2.75) is 13.0 Å². The maximum absolute atomic E-state index is 13.9. The minimum Gasteiger partial charge on any atom is -0.497 e. The van der Waals surface area contributed by atoms with Crippen LogP contribution in [0.4, 0.5) is 5.69 Å². The number of thiazole rings is 1. The Hall–Kier alpha value is -3.95. The van der Waals surface area contributed by atoms with E-state index in [2.05, 4.69) is 21.2 Å². The second-order valence-corrected chi connectivity index (χ2v) is 10.5. The lowest BCUT2D eigenvalue weighted by molar-refractivity contribution is -0.113. The lowest BCUT2D eigenvalue weighted by atomic mass is 9.95. The molecule has 1 N–H and O–H groups in total. The summed E-state index contributed by atoms with van der Waals surface area (Å²) in [5.74, 6) is 1.00.